The third-order valence-corrected chi connectivity index (χ3v) is 5.80. The number of aromatic nitrogens is 2. The number of benzene rings is 2. The number of nitrogens with zero attached hydrogens (tertiary/aromatic N) is 2. The predicted octanol–water partition coefficient (Wildman–Crippen LogP) is 1.60. The molecular formula is C25H25N3O10. The van der Waals surface area contributed by atoms with E-state index in [0.717, 1.165) is 5.56 Å². The number of aryl methyl sites for hydroxylation is 1. The molecule has 0 aliphatic carbocycles. The molecular weight excluding hydrogens is 502 g/mol. The monoisotopic (exact) mass is 527 g/mol. The van der Waals surface area contributed by atoms with E-state index in [4.69, 9.17) is 18.9 Å². The first-order chi connectivity index (χ1) is 18.2. The van der Waals surface area contributed by atoms with Gasteiger partial charge in [-0.25, -0.2) is 9.59 Å². The van der Waals surface area contributed by atoms with E-state index in [2.05, 4.69) is 4.98 Å². The van der Waals surface area contributed by atoms with Gasteiger partial charge in [0.05, 0.1) is 11.0 Å². The van der Waals surface area contributed by atoms with Crippen LogP contribution in [0, 0.1) is 17.0 Å². The number of hydrogen-bond acceptors (Lipinski definition) is 10. The molecule has 2 aromatic carbocycles. The summed E-state index contributed by atoms with van der Waals surface area (Å²) in [7, 11) is 0. The van der Waals surface area contributed by atoms with Crippen LogP contribution in [-0.2, 0) is 20.9 Å². The van der Waals surface area contributed by atoms with Gasteiger partial charge in [-0.15, -0.1) is 0 Å². The van der Waals surface area contributed by atoms with Crippen molar-refractivity contribution in [3.8, 4) is 11.5 Å². The molecule has 1 fully saturated rings. The number of carbonyl (C=O) groups is 1. The lowest BCUT2D eigenvalue weighted by molar-refractivity contribution is -0.384. The quantitative estimate of drug-likeness (QED) is 0.224. The molecule has 13 nitrogen and oxygen atoms in total. The Labute approximate surface area is 215 Å². The number of aliphatic hydroxyl groups is 1. The van der Waals surface area contributed by atoms with Crippen LogP contribution in [0.2, 0.25) is 0 Å². The number of carbonyl (C=O) groups excluding carboxylic acids is 1. The number of aliphatic hydroxyl groups excluding tert-OH is 1. The van der Waals surface area contributed by atoms with Crippen LogP contribution in [-0.4, -0.2) is 51.0 Å². The first kappa shape index (κ1) is 26.6. The van der Waals surface area contributed by atoms with E-state index in [-0.39, 0.29) is 31.9 Å². The van der Waals surface area contributed by atoms with Crippen molar-refractivity contribution in [2.45, 2.75) is 38.4 Å². The summed E-state index contributed by atoms with van der Waals surface area (Å²) in [5, 5.41) is 21.0. The second-order valence-electron chi connectivity index (χ2n) is 8.57. The topological polar surface area (TPSA) is 172 Å². The molecule has 4 rings (SSSR count). The minimum Gasteiger partial charge on any atom is -0.489 e. The summed E-state index contributed by atoms with van der Waals surface area (Å²) >= 11 is 0. The molecule has 0 amide bonds. The van der Waals surface area contributed by atoms with Gasteiger partial charge in [0.15, 0.2) is 6.61 Å². The summed E-state index contributed by atoms with van der Waals surface area (Å²) in [6.07, 6.45) is -1.20. The first-order valence-electron chi connectivity index (χ1n) is 11.6. The molecule has 3 aromatic rings. The molecule has 3 unspecified atom stereocenters. The van der Waals surface area contributed by atoms with Crippen LogP contribution in [0.25, 0.3) is 0 Å². The third kappa shape index (κ3) is 6.63. The van der Waals surface area contributed by atoms with Crippen LogP contribution in [0.4, 0.5) is 5.69 Å². The van der Waals surface area contributed by atoms with Crippen LogP contribution < -0.4 is 20.7 Å². The number of rotatable bonds is 10. The maximum atomic E-state index is 12.1. The number of ether oxygens (including phenoxy) is 4. The lowest BCUT2D eigenvalue weighted by Gasteiger charge is -2.16. The predicted molar refractivity (Wildman–Crippen MR) is 131 cm³/mol. The number of aromatic amines is 1. The van der Waals surface area contributed by atoms with Crippen LogP contribution in [0.3, 0.4) is 0 Å². The van der Waals surface area contributed by atoms with Crippen molar-refractivity contribution < 1.29 is 33.8 Å². The minimum absolute atomic E-state index is 0.00245. The molecule has 0 spiro atoms. The number of hydrogen-bond donors (Lipinski definition) is 2. The minimum atomic E-state index is -0.980. The zero-order chi connectivity index (χ0) is 27.2. The summed E-state index contributed by atoms with van der Waals surface area (Å²) in [6.45, 7) is 1.14. The van der Waals surface area contributed by atoms with Crippen LogP contribution in [0.5, 0.6) is 11.5 Å². The van der Waals surface area contributed by atoms with Gasteiger partial charge in [-0.05, 0) is 48.9 Å². The number of H-pyrrole nitrogens is 1. The summed E-state index contributed by atoms with van der Waals surface area (Å²) in [4.78, 5) is 48.1. The molecule has 1 aromatic heterocycles. The summed E-state index contributed by atoms with van der Waals surface area (Å²) in [6, 6.07) is 12.5. The molecule has 1 aliphatic rings. The largest absolute Gasteiger partial charge is 0.489 e. The van der Waals surface area contributed by atoms with Gasteiger partial charge in [-0.1, -0.05) is 0 Å². The lowest BCUT2D eigenvalue weighted by atomic mass is 10.2. The second-order valence-corrected chi connectivity index (χ2v) is 8.57. The van der Waals surface area contributed by atoms with Crippen LogP contribution >= 0.6 is 0 Å². The molecule has 1 aliphatic heterocycles. The zero-order valence-corrected chi connectivity index (χ0v) is 20.3. The van der Waals surface area contributed by atoms with Gasteiger partial charge in [0.2, 0.25) is 0 Å². The fourth-order valence-corrected chi connectivity index (χ4v) is 3.71. The second kappa shape index (κ2) is 11.7. The molecule has 0 saturated carbocycles. The van der Waals surface area contributed by atoms with Crippen molar-refractivity contribution >= 4 is 11.7 Å². The Morgan fingerprint density at radius 3 is 2.45 bits per heavy atom. The fraction of sp³-hybridized carbons (Fsp3) is 0.320. The van der Waals surface area contributed by atoms with Crippen molar-refractivity contribution in [2.24, 2.45) is 0 Å². The first-order valence-corrected chi connectivity index (χ1v) is 11.6. The molecule has 0 bridgehead atoms. The van der Waals surface area contributed by atoms with Gasteiger partial charge in [0.25, 0.3) is 11.2 Å². The SMILES string of the molecule is Cc1cn(C2CC(O)C(COC(=O)COc3ccc(OCc4ccc([N+](=O)[O-])cc4)cc3)O2)c(=O)[nH]c1=O. The van der Waals surface area contributed by atoms with Gasteiger partial charge in [0, 0.05) is 30.3 Å². The molecule has 0 radical (unpaired) electrons. The van der Waals surface area contributed by atoms with E-state index in [0.29, 0.717) is 17.1 Å². The Hall–Kier alpha value is -4.49. The third-order valence-electron chi connectivity index (χ3n) is 5.80. The van der Waals surface area contributed by atoms with E-state index in [1.165, 1.54) is 22.9 Å². The van der Waals surface area contributed by atoms with E-state index in [9.17, 15) is 29.6 Å². The summed E-state index contributed by atoms with van der Waals surface area (Å²) in [5.41, 5.74) is -0.0741. The fourth-order valence-electron chi connectivity index (χ4n) is 3.71. The molecule has 3 atom stereocenters. The number of esters is 1. The average Bonchev–Trinajstić information content (AvgIpc) is 3.27. The lowest BCUT2D eigenvalue weighted by Crippen LogP contribution is -2.33. The molecule has 2 N–H and O–H groups in total. The van der Waals surface area contributed by atoms with Gasteiger partial charge in [-0.3, -0.25) is 24.5 Å². The van der Waals surface area contributed by atoms with Gasteiger partial charge >= 0.3 is 11.7 Å². The highest BCUT2D eigenvalue weighted by atomic mass is 16.6. The molecule has 1 saturated heterocycles. The molecule has 38 heavy (non-hydrogen) atoms. The van der Waals surface area contributed by atoms with E-state index < -0.39 is 40.6 Å². The normalized spacial score (nSPS) is 18.6. The number of nitrogens with one attached hydrogen (secondary N) is 1. The summed E-state index contributed by atoms with van der Waals surface area (Å²) < 4.78 is 23.1. The van der Waals surface area contributed by atoms with E-state index in [1.807, 2.05) is 0 Å². The number of nitro benzene ring substituents is 1. The van der Waals surface area contributed by atoms with Gasteiger partial charge in [-0.2, -0.15) is 0 Å². The maximum Gasteiger partial charge on any atom is 0.344 e. The average molecular weight is 527 g/mol. The molecule has 13 heteroatoms. The summed E-state index contributed by atoms with van der Waals surface area (Å²) in [5.74, 6) is 0.256. The van der Waals surface area contributed by atoms with Gasteiger partial charge in [0.1, 0.15) is 37.0 Å². The molecule has 200 valence electrons. The smallest absolute Gasteiger partial charge is 0.344 e. The van der Waals surface area contributed by atoms with Crippen molar-refractivity contribution in [1.29, 1.82) is 0 Å². The van der Waals surface area contributed by atoms with Crippen LogP contribution in [0.1, 0.15) is 23.8 Å². The maximum absolute atomic E-state index is 12.1. The van der Waals surface area contributed by atoms with E-state index in [1.54, 1.807) is 43.3 Å². The highest BCUT2D eigenvalue weighted by Gasteiger charge is 2.36. The van der Waals surface area contributed by atoms with Crippen molar-refractivity contribution in [1.82, 2.24) is 9.55 Å². The van der Waals surface area contributed by atoms with E-state index >= 15 is 0 Å². The number of nitro groups is 1. The van der Waals surface area contributed by atoms with Gasteiger partial charge < -0.3 is 24.1 Å². The molecule has 2 heterocycles. The highest BCUT2D eigenvalue weighted by molar-refractivity contribution is 5.71. The Kier molecular flexibility index (Phi) is 8.19. The number of non-ortho nitro benzene ring substituents is 1. The Morgan fingerprint density at radius 1 is 1.13 bits per heavy atom. The Bertz CT molecular complexity index is 1400. The Balaban J connectivity index is 1.20. The van der Waals surface area contributed by atoms with Crippen LogP contribution in [0.15, 0.2) is 64.3 Å². The standard InChI is InChI=1S/C25H25N3O10/c1-15-11-27(25(32)26-24(15)31)22-10-20(29)21(38-22)13-37-23(30)14-36-19-8-6-18(7-9-19)35-12-16-2-4-17(5-3-16)28(33)34/h2-9,11,20-22,29H,10,12-14H2,1H3,(H,26,31,32). The zero-order valence-electron chi connectivity index (χ0n) is 20.3. The van der Waals surface area contributed by atoms with Crippen molar-refractivity contribution in [2.75, 3.05) is 13.2 Å². The highest BCUT2D eigenvalue weighted by Crippen LogP contribution is 2.28. The van der Waals surface area contributed by atoms with Crippen molar-refractivity contribution in [3.63, 3.8) is 0 Å². The van der Waals surface area contributed by atoms with Crippen molar-refractivity contribution in [3.05, 3.63) is 96.8 Å². The Morgan fingerprint density at radius 2 is 1.79 bits per heavy atom.